The Hall–Kier alpha value is -3.42. The second-order valence-corrected chi connectivity index (χ2v) is 21.9. The maximum atomic E-state index is 13.4. The number of esters is 1. The van der Waals surface area contributed by atoms with E-state index in [0.29, 0.717) is 19.3 Å². The van der Waals surface area contributed by atoms with E-state index in [1.54, 1.807) is 6.08 Å². The first-order valence-corrected chi connectivity index (χ1v) is 32.1. The molecule has 0 saturated carbocycles. The number of ether oxygens (including phenoxy) is 3. The Morgan fingerprint density at radius 1 is 0.519 bits per heavy atom. The maximum absolute atomic E-state index is 13.4. The fourth-order valence-corrected chi connectivity index (χ4v) is 9.54. The van der Waals surface area contributed by atoms with Crippen molar-refractivity contribution in [3.8, 4) is 0 Å². The zero-order valence-corrected chi connectivity index (χ0v) is 50.2. The predicted molar refractivity (Wildman–Crippen MR) is 329 cm³/mol. The molecule has 0 radical (unpaired) electrons. The number of nitrogens with one attached hydrogen (secondary N) is 1. The first kappa shape index (κ1) is 73.6. The summed E-state index contributed by atoms with van der Waals surface area (Å²) < 4.78 is 17.5. The lowest BCUT2D eigenvalue weighted by Gasteiger charge is -2.41. The summed E-state index contributed by atoms with van der Waals surface area (Å²) in [4.78, 5) is 26.5. The lowest BCUT2D eigenvalue weighted by atomic mass is 9.99. The highest BCUT2D eigenvalue weighted by Gasteiger charge is 2.47. The predicted octanol–water partition coefficient (Wildman–Crippen LogP) is 15.5. The van der Waals surface area contributed by atoms with Crippen LogP contribution in [0.4, 0.5) is 0 Å². The number of hydrogen-bond donors (Lipinski definition) is 6. The van der Waals surface area contributed by atoms with E-state index < -0.39 is 67.4 Å². The number of carbonyl (C=O) groups excluding carboxylic acids is 2. The summed E-state index contributed by atoms with van der Waals surface area (Å²) in [5.41, 5.74) is 0. The van der Waals surface area contributed by atoms with Crippen LogP contribution in [0.1, 0.15) is 258 Å². The fourth-order valence-electron chi connectivity index (χ4n) is 9.54. The largest absolute Gasteiger partial charge is 0.454 e. The van der Waals surface area contributed by atoms with E-state index in [1.165, 1.54) is 148 Å². The zero-order chi connectivity index (χ0) is 57.5. The van der Waals surface area contributed by atoms with Gasteiger partial charge in [0.05, 0.1) is 25.4 Å². The Bertz CT molecular complexity index is 1650. The molecule has 0 aromatic rings. The average molecular weight is 1110 g/mol. The first-order chi connectivity index (χ1) is 38.7. The van der Waals surface area contributed by atoms with Crippen molar-refractivity contribution in [1.29, 1.82) is 0 Å². The van der Waals surface area contributed by atoms with E-state index in [9.17, 15) is 35.1 Å². The molecule has 0 aliphatic carbocycles. The first-order valence-electron chi connectivity index (χ1n) is 32.1. The Labute approximate surface area is 482 Å². The third kappa shape index (κ3) is 43.0. The number of unbranched alkanes of at least 4 members (excludes halogenated alkanes) is 29. The standard InChI is InChI=1S/C68H117NO10/c1-4-7-10-13-16-19-22-24-25-26-27-28-29-30-31-32-33-34-35-36-38-40-43-46-49-52-55-61(72)67(76)69-59(60(71)54-51-48-45-42-39-21-18-15-12-9-6-3)58-77-68-66(65(75)64(74)62(57-70)78-68)79-63(73)56-53-50-47-44-41-37-23-20-17-14-11-8-5-2/h8,11,14,16-17,19-20,23-25,37,41,44,47,51,54,59-62,64-66,68,70-72,74-75H,4-7,9-10,12-13,15,18,21-22,26-36,38-40,42-43,45-46,48-50,52-53,55-58H2,1-3H3,(H,69,76)/b11-8+,17-14+,19-16-,23-20-,25-24-,41-37-,47-44+,54-51+. The molecule has 1 aliphatic heterocycles. The van der Waals surface area contributed by atoms with Crippen LogP contribution in [0.2, 0.25) is 0 Å². The highest BCUT2D eigenvalue weighted by molar-refractivity contribution is 5.80. The van der Waals surface area contributed by atoms with Gasteiger partial charge in [-0.15, -0.1) is 0 Å². The summed E-state index contributed by atoms with van der Waals surface area (Å²) in [6, 6.07) is -1.04. The molecular formula is C68H117NO10. The van der Waals surface area contributed by atoms with Crippen molar-refractivity contribution in [3.63, 3.8) is 0 Å². The van der Waals surface area contributed by atoms with Gasteiger partial charge in [0, 0.05) is 6.42 Å². The zero-order valence-electron chi connectivity index (χ0n) is 50.2. The molecule has 1 rings (SSSR count). The molecule has 1 fully saturated rings. The minimum atomic E-state index is -1.65. The van der Waals surface area contributed by atoms with Crippen molar-refractivity contribution < 1.29 is 49.3 Å². The second-order valence-electron chi connectivity index (χ2n) is 21.9. The Morgan fingerprint density at radius 2 is 0.962 bits per heavy atom. The van der Waals surface area contributed by atoms with E-state index in [4.69, 9.17) is 14.2 Å². The van der Waals surface area contributed by atoms with Crippen molar-refractivity contribution in [3.05, 3.63) is 97.2 Å². The summed E-state index contributed by atoms with van der Waals surface area (Å²) >= 11 is 0. The van der Waals surface area contributed by atoms with Crippen LogP contribution in [0.5, 0.6) is 0 Å². The van der Waals surface area contributed by atoms with Crippen LogP contribution >= 0.6 is 0 Å². The number of allylic oxidation sites excluding steroid dienone is 15. The maximum Gasteiger partial charge on any atom is 0.306 e. The van der Waals surface area contributed by atoms with Gasteiger partial charge in [0.1, 0.15) is 24.4 Å². The summed E-state index contributed by atoms with van der Waals surface area (Å²) in [7, 11) is 0. The molecule has 79 heavy (non-hydrogen) atoms. The van der Waals surface area contributed by atoms with Gasteiger partial charge in [-0.3, -0.25) is 9.59 Å². The van der Waals surface area contributed by atoms with Crippen molar-refractivity contribution in [1.82, 2.24) is 5.32 Å². The third-order valence-electron chi connectivity index (χ3n) is 14.6. The summed E-state index contributed by atoms with van der Waals surface area (Å²) in [6.07, 6.45) is 63.4. The summed E-state index contributed by atoms with van der Waals surface area (Å²) in [6.45, 7) is 5.57. The lowest BCUT2D eigenvalue weighted by Crippen LogP contribution is -2.61. The molecule has 8 atom stereocenters. The van der Waals surface area contributed by atoms with Crippen LogP contribution in [0, 0.1) is 0 Å². The minimum absolute atomic E-state index is 0.0240. The molecule has 1 heterocycles. The third-order valence-corrected chi connectivity index (χ3v) is 14.6. The molecule has 0 aromatic heterocycles. The number of hydrogen-bond acceptors (Lipinski definition) is 10. The number of aliphatic hydroxyl groups is 5. The van der Waals surface area contributed by atoms with Gasteiger partial charge < -0.3 is 45.1 Å². The second kappa shape index (κ2) is 55.1. The van der Waals surface area contributed by atoms with E-state index in [1.807, 2.05) is 60.8 Å². The van der Waals surface area contributed by atoms with Crippen molar-refractivity contribution >= 4 is 11.9 Å². The van der Waals surface area contributed by atoms with Gasteiger partial charge in [0.15, 0.2) is 12.4 Å². The highest BCUT2D eigenvalue weighted by Crippen LogP contribution is 2.26. The normalized spacial score (nSPS) is 19.5. The quantitative estimate of drug-likeness (QED) is 0.0149. The number of amides is 1. The fraction of sp³-hybridized carbons (Fsp3) is 0.735. The van der Waals surface area contributed by atoms with E-state index >= 15 is 0 Å². The number of rotatable bonds is 53. The van der Waals surface area contributed by atoms with Gasteiger partial charge in [-0.05, 0) is 70.6 Å². The molecule has 0 aromatic carbocycles. The smallest absolute Gasteiger partial charge is 0.306 e. The lowest BCUT2D eigenvalue weighted by molar-refractivity contribution is -0.305. The molecule has 1 aliphatic rings. The topological polar surface area (TPSA) is 175 Å². The Balaban J connectivity index is 2.59. The molecule has 0 bridgehead atoms. The molecule has 0 spiro atoms. The SMILES string of the molecule is CC/C=C/C=C/C=C\C=C/C=C/CCCC(=O)OC1C(OCC(NC(=O)C(O)CCCCCCCCCCCCCCCCCC/C=C\C/C=C\CCCCC)C(O)/C=C/CCCCCCCCCCC)OC(CO)C(O)C1O. The average Bonchev–Trinajstić information content (AvgIpc) is 3.47. The summed E-state index contributed by atoms with van der Waals surface area (Å²) in [5.74, 6) is -1.27. The Morgan fingerprint density at radius 3 is 1.48 bits per heavy atom. The van der Waals surface area contributed by atoms with E-state index in [2.05, 4.69) is 56.5 Å². The minimum Gasteiger partial charge on any atom is -0.454 e. The van der Waals surface area contributed by atoms with Crippen LogP contribution in [-0.2, 0) is 23.8 Å². The monoisotopic (exact) mass is 1110 g/mol. The van der Waals surface area contributed by atoms with Gasteiger partial charge in [-0.2, -0.15) is 0 Å². The molecule has 454 valence electrons. The number of carbonyl (C=O) groups is 2. The van der Waals surface area contributed by atoms with Crippen LogP contribution in [-0.4, -0.2) is 99.6 Å². The Kier molecular flexibility index (Phi) is 51.4. The molecule has 6 N–H and O–H groups in total. The van der Waals surface area contributed by atoms with Gasteiger partial charge >= 0.3 is 5.97 Å². The molecule has 1 amide bonds. The molecule has 11 nitrogen and oxygen atoms in total. The van der Waals surface area contributed by atoms with Crippen molar-refractivity contribution in [2.45, 2.75) is 307 Å². The van der Waals surface area contributed by atoms with Crippen LogP contribution in [0.3, 0.4) is 0 Å². The van der Waals surface area contributed by atoms with Gasteiger partial charge in [-0.25, -0.2) is 0 Å². The molecular weight excluding hydrogens is 991 g/mol. The van der Waals surface area contributed by atoms with Crippen LogP contribution in [0.15, 0.2) is 97.2 Å². The van der Waals surface area contributed by atoms with Gasteiger partial charge in [-0.1, -0.05) is 279 Å². The van der Waals surface area contributed by atoms with E-state index in [-0.39, 0.29) is 19.4 Å². The highest BCUT2D eigenvalue weighted by atomic mass is 16.7. The van der Waals surface area contributed by atoms with Gasteiger partial charge in [0.2, 0.25) is 5.91 Å². The van der Waals surface area contributed by atoms with Crippen molar-refractivity contribution in [2.75, 3.05) is 13.2 Å². The number of aliphatic hydroxyl groups excluding tert-OH is 5. The van der Waals surface area contributed by atoms with Crippen molar-refractivity contribution in [2.24, 2.45) is 0 Å². The molecule has 1 saturated heterocycles. The van der Waals surface area contributed by atoms with Gasteiger partial charge in [0.25, 0.3) is 0 Å². The van der Waals surface area contributed by atoms with Crippen LogP contribution in [0.25, 0.3) is 0 Å². The molecule has 8 unspecified atom stereocenters. The van der Waals surface area contributed by atoms with E-state index in [0.717, 1.165) is 57.8 Å². The summed E-state index contributed by atoms with van der Waals surface area (Å²) in [5, 5.41) is 56.9. The van der Waals surface area contributed by atoms with Crippen LogP contribution < -0.4 is 5.32 Å². The molecule has 11 heteroatoms.